The number of carbonyl (C=O) groups is 1. The van der Waals surface area contributed by atoms with E-state index in [1.54, 1.807) is 19.9 Å². The van der Waals surface area contributed by atoms with Gasteiger partial charge < -0.3 is 19.3 Å². The average Bonchev–Trinajstić information content (AvgIpc) is 2.39. The first-order chi connectivity index (χ1) is 8.97. The molecule has 0 radical (unpaired) electrons. The highest BCUT2D eigenvalue weighted by Crippen LogP contribution is 2.37. The maximum absolute atomic E-state index is 11.7. The number of carbonyl (C=O) groups excluding carboxylic acids is 1. The first kappa shape index (κ1) is 15.3. The largest absolute Gasteiger partial charge is 0.496 e. The highest BCUT2D eigenvalue weighted by molar-refractivity contribution is 5.79. The molecule has 0 spiro atoms. The predicted octanol–water partition coefficient (Wildman–Crippen LogP) is 1.92. The van der Waals surface area contributed by atoms with E-state index in [0.29, 0.717) is 22.6 Å². The quantitative estimate of drug-likeness (QED) is 0.826. The molecule has 0 bridgehead atoms. The topological polar surface area (TPSA) is 65.0 Å². The summed E-state index contributed by atoms with van der Waals surface area (Å²) in [4.78, 5) is 11.7. The van der Waals surface area contributed by atoms with Crippen molar-refractivity contribution in [2.75, 3.05) is 20.8 Å². The number of hydrogen-bond acceptors (Lipinski definition) is 5. The molecule has 0 aliphatic heterocycles. The molecule has 1 aromatic carbocycles. The highest BCUT2D eigenvalue weighted by atomic mass is 16.5. The van der Waals surface area contributed by atoms with Crippen molar-refractivity contribution in [1.29, 1.82) is 0 Å². The summed E-state index contributed by atoms with van der Waals surface area (Å²) in [6.07, 6.45) is -1.39. The zero-order valence-electron chi connectivity index (χ0n) is 11.9. The minimum Gasteiger partial charge on any atom is -0.496 e. The van der Waals surface area contributed by atoms with Crippen LogP contribution in [0.5, 0.6) is 11.5 Å². The molecule has 0 saturated heterocycles. The van der Waals surface area contributed by atoms with Gasteiger partial charge >= 0.3 is 5.97 Å². The Hall–Kier alpha value is -1.75. The van der Waals surface area contributed by atoms with E-state index in [9.17, 15) is 9.90 Å². The van der Waals surface area contributed by atoms with Crippen LogP contribution in [-0.2, 0) is 9.53 Å². The first-order valence-electron chi connectivity index (χ1n) is 6.04. The van der Waals surface area contributed by atoms with Crippen molar-refractivity contribution < 1.29 is 24.1 Å². The number of aliphatic hydroxyl groups excluding tert-OH is 1. The smallest absolute Gasteiger partial charge is 0.339 e. The van der Waals surface area contributed by atoms with Gasteiger partial charge in [-0.15, -0.1) is 0 Å². The molecular formula is C14H20O5. The van der Waals surface area contributed by atoms with E-state index < -0.39 is 12.1 Å². The average molecular weight is 268 g/mol. The molecule has 19 heavy (non-hydrogen) atoms. The molecule has 0 heterocycles. The third kappa shape index (κ3) is 2.98. The Kier molecular flexibility index (Phi) is 5.18. The number of rotatable bonds is 5. The van der Waals surface area contributed by atoms with E-state index in [4.69, 9.17) is 14.2 Å². The van der Waals surface area contributed by atoms with Crippen molar-refractivity contribution in [3.8, 4) is 11.5 Å². The number of esters is 1. The third-order valence-electron chi connectivity index (χ3n) is 2.93. The molecule has 1 unspecified atom stereocenters. The molecule has 1 N–H and O–H groups in total. The van der Waals surface area contributed by atoms with E-state index in [2.05, 4.69) is 0 Å². The van der Waals surface area contributed by atoms with Crippen LogP contribution in [0.4, 0.5) is 0 Å². The Labute approximate surface area is 113 Å². The Morgan fingerprint density at radius 1 is 1.32 bits per heavy atom. The van der Waals surface area contributed by atoms with Crippen LogP contribution in [-0.4, -0.2) is 31.9 Å². The summed E-state index contributed by atoms with van der Waals surface area (Å²) in [6.45, 7) is 5.48. The molecule has 1 rings (SSSR count). The van der Waals surface area contributed by atoms with Gasteiger partial charge in [0.05, 0.1) is 20.8 Å². The first-order valence-corrected chi connectivity index (χ1v) is 6.04. The molecule has 0 aliphatic carbocycles. The van der Waals surface area contributed by atoms with E-state index in [-0.39, 0.29) is 6.61 Å². The van der Waals surface area contributed by atoms with Gasteiger partial charge in [0.2, 0.25) is 0 Å². The molecule has 1 aromatic rings. The lowest BCUT2D eigenvalue weighted by molar-refractivity contribution is -0.153. The van der Waals surface area contributed by atoms with E-state index in [1.807, 2.05) is 6.92 Å². The zero-order chi connectivity index (χ0) is 14.6. The fourth-order valence-electron chi connectivity index (χ4n) is 2.04. The molecule has 1 atom stereocenters. The lowest BCUT2D eigenvalue weighted by Crippen LogP contribution is -2.18. The van der Waals surface area contributed by atoms with E-state index >= 15 is 0 Å². The van der Waals surface area contributed by atoms with Gasteiger partial charge in [-0.25, -0.2) is 4.79 Å². The molecule has 106 valence electrons. The molecule has 0 aromatic heterocycles. The Balaban J connectivity index is 3.38. The Morgan fingerprint density at radius 3 is 2.42 bits per heavy atom. The highest BCUT2D eigenvalue weighted by Gasteiger charge is 2.27. The van der Waals surface area contributed by atoms with Crippen LogP contribution in [0.15, 0.2) is 6.07 Å². The fourth-order valence-corrected chi connectivity index (χ4v) is 2.04. The van der Waals surface area contributed by atoms with Crippen LogP contribution in [0.2, 0.25) is 0 Å². The van der Waals surface area contributed by atoms with Gasteiger partial charge in [0, 0.05) is 11.1 Å². The summed E-state index contributed by atoms with van der Waals surface area (Å²) in [6, 6.07) is 1.80. The standard InChI is InChI=1S/C14H20O5/c1-6-19-14(16)12(15)11-9(3)10(17-4)7-8(2)13(11)18-5/h7,12,15H,6H2,1-5H3. The maximum Gasteiger partial charge on any atom is 0.339 e. The van der Waals surface area contributed by atoms with Gasteiger partial charge in [0.1, 0.15) is 11.5 Å². The molecular weight excluding hydrogens is 248 g/mol. The van der Waals surface area contributed by atoms with Gasteiger partial charge in [0.25, 0.3) is 0 Å². The molecule has 0 fully saturated rings. The second kappa shape index (κ2) is 6.43. The van der Waals surface area contributed by atoms with Crippen LogP contribution in [0.25, 0.3) is 0 Å². The SMILES string of the molecule is CCOC(=O)C(O)c1c(C)c(OC)cc(C)c1OC. The third-order valence-corrected chi connectivity index (χ3v) is 2.93. The molecule has 0 amide bonds. The maximum atomic E-state index is 11.7. The molecule has 0 saturated carbocycles. The predicted molar refractivity (Wildman–Crippen MR) is 70.6 cm³/mol. The van der Waals surface area contributed by atoms with Gasteiger partial charge in [-0.2, -0.15) is 0 Å². The van der Waals surface area contributed by atoms with Crippen molar-refractivity contribution in [3.63, 3.8) is 0 Å². The van der Waals surface area contributed by atoms with Crippen LogP contribution >= 0.6 is 0 Å². The molecule has 5 heteroatoms. The van der Waals surface area contributed by atoms with Crippen molar-refractivity contribution in [3.05, 3.63) is 22.8 Å². The van der Waals surface area contributed by atoms with Crippen LogP contribution < -0.4 is 9.47 Å². The minimum absolute atomic E-state index is 0.209. The summed E-state index contributed by atoms with van der Waals surface area (Å²) in [7, 11) is 3.03. The summed E-state index contributed by atoms with van der Waals surface area (Å²) in [5.41, 5.74) is 1.83. The van der Waals surface area contributed by atoms with Crippen molar-refractivity contribution in [1.82, 2.24) is 0 Å². The number of ether oxygens (including phenoxy) is 3. The van der Waals surface area contributed by atoms with Gasteiger partial charge in [-0.05, 0) is 32.4 Å². The van der Waals surface area contributed by atoms with E-state index in [0.717, 1.165) is 5.56 Å². The molecule has 5 nitrogen and oxygen atoms in total. The van der Waals surface area contributed by atoms with Crippen molar-refractivity contribution in [2.24, 2.45) is 0 Å². The zero-order valence-corrected chi connectivity index (χ0v) is 11.9. The van der Waals surface area contributed by atoms with Crippen LogP contribution in [0, 0.1) is 13.8 Å². The summed E-state index contributed by atoms with van der Waals surface area (Å²) in [5, 5.41) is 10.1. The minimum atomic E-state index is -1.39. The lowest BCUT2D eigenvalue weighted by Gasteiger charge is -2.20. The Bertz CT molecular complexity index is 467. The fraction of sp³-hybridized carbons (Fsp3) is 0.500. The number of aryl methyl sites for hydroxylation is 1. The second-order valence-corrected chi connectivity index (χ2v) is 4.12. The van der Waals surface area contributed by atoms with Gasteiger partial charge in [-0.1, -0.05) is 0 Å². The van der Waals surface area contributed by atoms with Crippen LogP contribution in [0.3, 0.4) is 0 Å². The number of methoxy groups -OCH3 is 2. The monoisotopic (exact) mass is 268 g/mol. The lowest BCUT2D eigenvalue weighted by atomic mass is 9.98. The van der Waals surface area contributed by atoms with Gasteiger partial charge in [-0.3, -0.25) is 0 Å². The van der Waals surface area contributed by atoms with Crippen molar-refractivity contribution in [2.45, 2.75) is 26.9 Å². The summed E-state index contributed by atoms with van der Waals surface area (Å²) >= 11 is 0. The second-order valence-electron chi connectivity index (χ2n) is 4.12. The van der Waals surface area contributed by atoms with E-state index in [1.165, 1.54) is 14.2 Å². The summed E-state index contributed by atoms with van der Waals surface area (Å²) < 4.78 is 15.4. The number of hydrogen-bond donors (Lipinski definition) is 1. The number of aliphatic hydroxyl groups is 1. The van der Waals surface area contributed by atoms with Crippen LogP contribution in [0.1, 0.15) is 29.7 Å². The normalized spacial score (nSPS) is 11.9. The summed E-state index contributed by atoms with van der Waals surface area (Å²) in [5.74, 6) is 0.368. The molecule has 0 aliphatic rings. The Morgan fingerprint density at radius 2 is 1.95 bits per heavy atom. The number of benzene rings is 1. The van der Waals surface area contributed by atoms with Crippen molar-refractivity contribution >= 4 is 5.97 Å². The van der Waals surface area contributed by atoms with Gasteiger partial charge in [0.15, 0.2) is 6.10 Å².